The molecule has 5 heteroatoms. The quantitative estimate of drug-likeness (QED) is 0.936. The molecule has 2 fully saturated rings. The van der Waals surface area contributed by atoms with Crippen LogP contribution >= 0.6 is 0 Å². The summed E-state index contributed by atoms with van der Waals surface area (Å²) in [4.78, 5) is 2.31. The lowest BCUT2D eigenvalue weighted by Gasteiger charge is -2.36. The molecule has 2 saturated heterocycles. The van der Waals surface area contributed by atoms with E-state index in [2.05, 4.69) is 4.90 Å². The molecule has 24 heavy (non-hydrogen) atoms. The highest BCUT2D eigenvalue weighted by Crippen LogP contribution is 2.41. The van der Waals surface area contributed by atoms with Crippen LogP contribution in [-0.4, -0.2) is 42.9 Å². The Hall–Kier alpha value is -1.69. The molecule has 1 aromatic carbocycles. The van der Waals surface area contributed by atoms with Crippen LogP contribution in [0.3, 0.4) is 0 Å². The topological polar surface area (TPSA) is 45.8 Å². The first-order chi connectivity index (χ1) is 11.7. The molecular weight excluding hydrogens is 309 g/mol. The van der Waals surface area contributed by atoms with Crippen molar-refractivity contribution in [1.29, 1.82) is 0 Å². The lowest BCUT2D eigenvalue weighted by atomic mass is 9.76. The molecule has 3 heterocycles. The molecule has 0 aliphatic carbocycles. The van der Waals surface area contributed by atoms with Crippen molar-refractivity contribution in [1.82, 2.24) is 4.90 Å². The number of nitrogens with zero attached hydrogens (tertiary/aromatic N) is 1. The molecule has 0 saturated carbocycles. The Bertz CT molecular complexity index is 716. The molecule has 4 nitrogen and oxygen atoms in total. The van der Waals surface area contributed by atoms with Crippen molar-refractivity contribution in [3.8, 4) is 11.3 Å². The molecule has 0 radical (unpaired) electrons. The zero-order valence-electron chi connectivity index (χ0n) is 13.6. The van der Waals surface area contributed by atoms with Gasteiger partial charge in [0.2, 0.25) is 0 Å². The number of fused-ring (bicyclic) bond motifs is 1. The summed E-state index contributed by atoms with van der Waals surface area (Å²) in [7, 11) is 0. The van der Waals surface area contributed by atoms with Crippen molar-refractivity contribution in [3.05, 3.63) is 48.0 Å². The zero-order chi connectivity index (χ0) is 16.6. The van der Waals surface area contributed by atoms with Gasteiger partial charge >= 0.3 is 0 Å². The Balaban J connectivity index is 1.48. The van der Waals surface area contributed by atoms with Gasteiger partial charge in [-0.25, -0.2) is 4.39 Å². The van der Waals surface area contributed by atoms with E-state index in [1.165, 1.54) is 6.07 Å². The van der Waals surface area contributed by atoms with Crippen molar-refractivity contribution >= 4 is 0 Å². The van der Waals surface area contributed by atoms with Gasteiger partial charge in [-0.1, -0.05) is 12.1 Å². The standard InChI is InChI=1S/C19H22FNO3/c20-17-4-2-1-3-16(17)18-6-5-15(24-18)10-21-9-14-7-8-23-13-19(14,11-21)12-22/h1-6,14,22H,7-13H2/t14-,19+/m0/s1. The number of likely N-dealkylation sites (tertiary alicyclic amines) is 1. The number of benzene rings is 1. The first kappa shape index (κ1) is 15.8. The Morgan fingerprint density at radius 2 is 2.12 bits per heavy atom. The Kier molecular flexibility index (Phi) is 4.16. The summed E-state index contributed by atoms with van der Waals surface area (Å²) in [5, 5.41) is 9.85. The van der Waals surface area contributed by atoms with Crippen molar-refractivity contribution < 1.29 is 18.7 Å². The fourth-order valence-corrected chi connectivity index (χ4v) is 4.04. The summed E-state index contributed by atoms with van der Waals surface area (Å²) in [6, 6.07) is 10.4. The van der Waals surface area contributed by atoms with E-state index in [0.29, 0.717) is 30.4 Å². The predicted molar refractivity (Wildman–Crippen MR) is 87.8 cm³/mol. The lowest BCUT2D eigenvalue weighted by Crippen LogP contribution is -2.42. The number of hydrogen-bond acceptors (Lipinski definition) is 4. The summed E-state index contributed by atoms with van der Waals surface area (Å²) < 4.78 is 25.3. The number of hydrogen-bond donors (Lipinski definition) is 1. The van der Waals surface area contributed by atoms with E-state index in [-0.39, 0.29) is 17.8 Å². The number of halogens is 1. The highest BCUT2D eigenvalue weighted by molar-refractivity contribution is 5.58. The van der Waals surface area contributed by atoms with Gasteiger partial charge in [0.15, 0.2) is 0 Å². The SMILES string of the molecule is OC[C@]12COCC[C@H]1CN(Cc1ccc(-c3ccccc3F)o1)C2. The van der Waals surface area contributed by atoms with Crippen LogP contribution in [0.4, 0.5) is 4.39 Å². The molecule has 0 bridgehead atoms. The molecule has 2 aliphatic heterocycles. The van der Waals surface area contributed by atoms with Crippen molar-refractivity contribution in [2.24, 2.45) is 11.3 Å². The second-order valence-corrected chi connectivity index (χ2v) is 6.97. The maximum Gasteiger partial charge on any atom is 0.137 e. The Labute approximate surface area is 140 Å². The molecule has 2 atom stereocenters. The monoisotopic (exact) mass is 331 g/mol. The minimum Gasteiger partial charge on any atom is -0.460 e. The van der Waals surface area contributed by atoms with Gasteiger partial charge in [0.25, 0.3) is 0 Å². The second kappa shape index (κ2) is 6.31. The normalized spacial score (nSPS) is 27.3. The van der Waals surface area contributed by atoms with Gasteiger partial charge in [0.1, 0.15) is 17.3 Å². The minimum atomic E-state index is -0.276. The fourth-order valence-electron chi connectivity index (χ4n) is 4.04. The molecule has 1 aromatic heterocycles. The summed E-state index contributed by atoms with van der Waals surface area (Å²) >= 11 is 0. The van der Waals surface area contributed by atoms with Crippen LogP contribution in [0.2, 0.25) is 0 Å². The molecule has 1 N–H and O–H groups in total. The van der Waals surface area contributed by atoms with Crippen LogP contribution in [0.1, 0.15) is 12.2 Å². The molecule has 2 aromatic rings. The van der Waals surface area contributed by atoms with E-state index in [1.807, 2.05) is 12.1 Å². The van der Waals surface area contributed by atoms with Crippen molar-refractivity contribution in [2.75, 3.05) is 32.9 Å². The van der Waals surface area contributed by atoms with Gasteiger partial charge in [-0.3, -0.25) is 4.90 Å². The van der Waals surface area contributed by atoms with E-state index in [9.17, 15) is 9.50 Å². The predicted octanol–water partition coefficient (Wildman–Crippen LogP) is 2.92. The number of ether oxygens (including phenoxy) is 1. The fraction of sp³-hybridized carbons (Fsp3) is 0.474. The van der Waals surface area contributed by atoms with Crippen LogP contribution < -0.4 is 0 Å². The highest BCUT2D eigenvalue weighted by atomic mass is 19.1. The summed E-state index contributed by atoms with van der Waals surface area (Å²) in [5.41, 5.74) is 0.346. The van der Waals surface area contributed by atoms with Crippen LogP contribution in [0.5, 0.6) is 0 Å². The van der Waals surface area contributed by atoms with Crippen molar-refractivity contribution in [3.63, 3.8) is 0 Å². The molecule has 0 unspecified atom stereocenters. The third-order valence-corrected chi connectivity index (χ3v) is 5.38. The van der Waals surface area contributed by atoms with Crippen LogP contribution in [0.15, 0.2) is 40.8 Å². The Morgan fingerprint density at radius 3 is 2.92 bits per heavy atom. The molecule has 0 amide bonds. The molecule has 4 rings (SSSR count). The third-order valence-electron chi connectivity index (χ3n) is 5.38. The largest absolute Gasteiger partial charge is 0.460 e. The van der Waals surface area contributed by atoms with E-state index < -0.39 is 0 Å². The first-order valence-electron chi connectivity index (χ1n) is 8.45. The second-order valence-electron chi connectivity index (χ2n) is 6.97. The Morgan fingerprint density at radius 1 is 1.25 bits per heavy atom. The number of rotatable bonds is 4. The van der Waals surface area contributed by atoms with Crippen molar-refractivity contribution in [2.45, 2.75) is 13.0 Å². The van der Waals surface area contributed by atoms with Gasteiger partial charge in [-0.15, -0.1) is 0 Å². The summed E-state index contributed by atoms with van der Waals surface area (Å²) in [6.07, 6.45) is 0.996. The average molecular weight is 331 g/mol. The van der Waals surface area contributed by atoms with E-state index in [1.54, 1.807) is 18.2 Å². The van der Waals surface area contributed by atoms with Gasteiger partial charge in [0, 0.05) is 25.1 Å². The molecule has 2 aliphatic rings. The van der Waals surface area contributed by atoms with E-state index in [0.717, 1.165) is 31.9 Å². The summed E-state index contributed by atoms with van der Waals surface area (Å²) in [5.74, 6) is 1.57. The van der Waals surface area contributed by atoms with Gasteiger partial charge < -0.3 is 14.3 Å². The number of furan rings is 1. The molecule has 128 valence electrons. The van der Waals surface area contributed by atoms with Crippen LogP contribution in [0.25, 0.3) is 11.3 Å². The van der Waals surface area contributed by atoms with E-state index >= 15 is 0 Å². The molecule has 0 spiro atoms. The molecular formula is C19H22FNO3. The van der Waals surface area contributed by atoms with E-state index in [4.69, 9.17) is 9.15 Å². The summed E-state index contributed by atoms with van der Waals surface area (Å²) in [6.45, 7) is 3.99. The smallest absolute Gasteiger partial charge is 0.137 e. The number of aliphatic hydroxyl groups excluding tert-OH is 1. The maximum absolute atomic E-state index is 13.9. The maximum atomic E-state index is 13.9. The van der Waals surface area contributed by atoms with Crippen LogP contribution in [0, 0.1) is 17.2 Å². The minimum absolute atomic E-state index is 0.140. The average Bonchev–Trinajstić information content (AvgIpc) is 3.20. The number of aliphatic hydroxyl groups is 1. The first-order valence-corrected chi connectivity index (χ1v) is 8.45. The zero-order valence-corrected chi connectivity index (χ0v) is 13.6. The lowest BCUT2D eigenvalue weighted by molar-refractivity contribution is -0.0561. The van der Waals surface area contributed by atoms with Gasteiger partial charge in [-0.2, -0.15) is 0 Å². The third kappa shape index (κ3) is 2.77. The van der Waals surface area contributed by atoms with Gasteiger partial charge in [-0.05, 0) is 36.6 Å². The van der Waals surface area contributed by atoms with Gasteiger partial charge in [0.05, 0.1) is 25.3 Å². The highest BCUT2D eigenvalue weighted by Gasteiger charge is 2.48. The van der Waals surface area contributed by atoms with Crippen LogP contribution in [-0.2, 0) is 11.3 Å².